The van der Waals surface area contributed by atoms with Crippen LogP contribution in [0.15, 0.2) is 66.9 Å². The molecule has 0 spiro atoms. The summed E-state index contributed by atoms with van der Waals surface area (Å²) in [7, 11) is 0. The van der Waals surface area contributed by atoms with E-state index in [4.69, 9.17) is 0 Å². The molecule has 1 aliphatic heterocycles. The number of aldehydes is 1. The van der Waals surface area contributed by atoms with Crippen molar-refractivity contribution in [3.63, 3.8) is 0 Å². The zero-order valence-corrected chi connectivity index (χ0v) is 16.4. The highest BCUT2D eigenvalue weighted by Crippen LogP contribution is 2.25. The van der Waals surface area contributed by atoms with Crippen LogP contribution in [0.25, 0.3) is 11.1 Å². The fraction of sp³-hybridized carbons (Fsp3) is 0.208. The lowest BCUT2D eigenvalue weighted by Crippen LogP contribution is -2.42. The summed E-state index contributed by atoms with van der Waals surface area (Å²) in [5, 5.41) is 3.41. The Morgan fingerprint density at radius 1 is 1.03 bits per heavy atom. The largest absolute Gasteiger partial charge is 0.382 e. The summed E-state index contributed by atoms with van der Waals surface area (Å²) in [6, 6.07) is 17.4. The lowest BCUT2D eigenvalue weighted by molar-refractivity contribution is 0.0713. The third-order valence-electron chi connectivity index (χ3n) is 5.37. The van der Waals surface area contributed by atoms with Gasteiger partial charge >= 0.3 is 0 Å². The maximum absolute atomic E-state index is 13.2. The Balaban J connectivity index is 1.44. The van der Waals surface area contributed by atoms with Crippen molar-refractivity contribution in [2.45, 2.75) is 18.9 Å². The van der Waals surface area contributed by atoms with E-state index in [1.165, 1.54) is 12.1 Å². The molecule has 0 bridgehead atoms. The van der Waals surface area contributed by atoms with E-state index in [1.54, 1.807) is 36.5 Å². The number of aromatic nitrogens is 1. The van der Waals surface area contributed by atoms with E-state index in [2.05, 4.69) is 10.3 Å². The third-order valence-corrected chi connectivity index (χ3v) is 5.37. The van der Waals surface area contributed by atoms with Crippen LogP contribution >= 0.6 is 0 Å². The van der Waals surface area contributed by atoms with Crippen molar-refractivity contribution in [2.75, 3.05) is 18.4 Å². The van der Waals surface area contributed by atoms with Gasteiger partial charge in [-0.2, -0.15) is 0 Å². The van der Waals surface area contributed by atoms with E-state index >= 15 is 0 Å². The molecule has 4 rings (SSSR count). The Kier molecular flexibility index (Phi) is 5.84. The van der Waals surface area contributed by atoms with E-state index in [0.717, 1.165) is 35.9 Å². The van der Waals surface area contributed by atoms with Gasteiger partial charge in [-0.15, -0.1) is 0 Å². The number of carbonyl (C=O) groups excluding carboxylic acids is 2. The van der Waals surface area contributed by atoms with Gasteiger partial charge in [0.25, 0.3) is 5.91 Å². The minimum atomic E-state index is -0.257. The molecule has 30 heavy (non-hydrogen) atoms. The fourth-order valence-corrected chi connectivity index (χ4v) is 3.71. The summed E-state index contributed by atoms with van der Waals surface area (Å²) in [6.07, 6.45) is 4.03. The predicted octanol–water partition coefficient (Wildman–Crippen LogP) is 4.42. The zero-order valence-electron chi connectivity index (χ0n) is 16.4. The van der Waals surface area contributed by atoms with Crippen LogP contribution in [0.2, 0.25) is 0 Å². The highest BCUT2D eigenvalue weighted by Gasteiger charge is 2.26. The maximum atomic E-state index is 13.2. The Labute approximate surface area is 174 Å². The van der Waals surface area contributed by atoms with E-state index in [-0.39, 0.29) is 17.8 Å². The molecule has 1 amide bonds. The van der Waals surface area contributed by atoms with Crippen molar-refractivity contribution in [3.05, 3.63) is 83.9 Å². The first-order valence-electron chi connectivity index (χ1n) is 9.96. The maximum Gasteiger partial charge on any atom is 0.273 e. The highest BCUT2D eigenvalue weighted by molar-refractivity contribution is 5.99. The molecule has 0 aliphatic carbocycles. The molecule has 5 nitrogen and oxygen atoms in total. The van der Waals surface area contributed by atoms with Crippen LogP contribution in [-0.4, -0.2) is 41.2 Å². The zero-order chi connectivity index (χ0) is 20.9. The number of benzene rings is 2. The first-order valence-corrected chi connectivity index (χ1v) is 9.96. The molecule has 1 N–H and O–H groups in total. The van der Waals surface area contributed by atoms with Crippen molar-refractivity contribution >= 4 is 17.9 Å². The molecule has 0 atom stereocenters. The molecule has 0 saturated carbocycles. The Morgan fingerprint density at radius 2 is 1.73 bits per heavy atom. The number of rotatable bonds is 5. The molecular formula is C24H22FN3O2. The number of nitrogens with one attached hydrogen (secondary N) is 1. The number of likely N-dealkylation sites (tertiary alicyclic amines) is 1. The average Bonchev–Trinajstić information content (AvgIpc) is 2.81. The predicted molar refractivity (Wildman–Crippen MR) is 114 cm³/mol. The number of halogens is 1. The van der Waals surface area contributed by atoms with E-state index in [0.29, 0.717) is 24.3 Å². The van der Waals surface area contributed by atoms with Crippen molar-refractivity contribution in [1.82, 2.24) is 9.88 Å². The molecule has 2 aromatic carbocycles. The highest BCUT2D eigenvalue weighted by atomic mass is 19.1. The summed E-state index contributed by atoms with van der Waals surface area (Å²) in [5.41, 5.74) is 3.50. The average molecular weight is 403 g/mol. The van der Waals surface area contributed by atoms with Crippen molar-refractivity contribution in [3.8, 4) is 11.1 Å². The van der Waals surface area contributed by atoms with Gasteiger partial charge in [-0.05, 0) is 48.7 Å². The van der Waals surface area contributed by atoms with Gasteiger partial charge in [0.1, 0.15) is 17.8 Å². The SMILES string of the molecule is O=Cc1ccc(-c2cccnc2C(=O)N2CCC(Nc3ccc(F)cc3)CC2)cc1. The lowest BCUT2D eigenvalue weighted by atomic mass is 10.00. The van der Waals surface area contributed by atoms with E-state index in [1.807, 2.05) is 23.1 Å². The summed E-state index contributed by atoms with van der Waals surface area (Å²) in [4.78, 5) is 30.2. The number of pyridine rings is 1. The van der Waals surface area contributed by atoms with Crippen molar-refractivity contribution in [1.29, 1.82) is 0 Å². The van der Waals surface area contributed by atoms with Gasteiger partial charge in [0, 0.05) is 42.1 Å². The van der Waals surface area contributed by atoms with E-state index in [9.17, 15) is 14.0 Å². The third kappa shape index (κ3) is 4.38. The lowest BCUT2D eigenvalue weighted by Gasteiger charge is -2.33. The van der Waals surface area contributed by atoms with Gasteiger partial charge < -0.3 is 10.2 Å². The Morgan fingerprint density at radius 3 is 2.40 bits per heavy atom. The summed E-state index contributed by atoms with van der Waals surface area (Å²) >= 11 is 0. The van der Waals surface area contributed by atoms with Crippen LogP contribution < -0.4 is 5.32 Å². The second kappa shape index (κ2) is 8.86. The standard InChI is InChI=1S/C24H22FN3O2/c25-19-7-9-20(10-8-19)27-21-11-14-28(15-12-21)24(30)23-22(2-1-13-26-23)18-5-3-17(16-29)4-6-18/h1-10,13,16,21,27H,11-12,14-15H2. The topological polar surface area (TPSA) is 62.3 Å². The number of amides is 1. The number of hydrogen-bond donors (Lipinski definition) is 1. The number of piperidine rings is 1. The molecule has 1 fully saturated rings. The molecule has 0 unspecified atom stereocenters. The van der Waals surface area contributed by atoms with Gasteiger partial charge in [0.2, 0.25) is 0 Å². The molecule has 1 aromatic heterocycles. The second-order valence-electron chi connectivity index (χ2n) is 7.36. The van der Waals surface area contributed by atoms with Gasteiger partial charge in [-0.1, -0.05) is 30.3 Å². The summed E-state index contributed by atoms with van der Waals surface area (Å²) < 4.78 is 13.1. The monoisotopic (exact) mass is 403 g/mol. The number of anilines is 1. The normalized spacial score (nSPS) is 14.4. The number of nitrogens with zero attached hydrogens (tertiary/aromatic N) is 2. The molecule has 0 radical (unpaired) electrons. The van der Waals surface area contributed by atoms with Crippen LogP contribution in [0.1, 0.15) is 33.7 Å². The first kappa shape index (κ1) is 19.8. The molecule has 3 aromatic rings. The minimum Gasteiger partial charge on any atom is -0.382 e. The van der Waals surface area contributed by atoms with Crippen molar-refractivity contribution < 1.29 is 14.0 Å². The van der Waals surface area contributed by atoms with Crippen LogP contribution in [-0.2, 0) is 0 Å². The van der Waals surface area contributed by atoms with Gasteiger partial charge in [0.15, 0.2) is 0 Å². The van der Waals surface area contributed by atoms with Crippen LogP contribution in [0, 0.1) is 5.82 Å². The minimum absolute atomic E-state index is 0.0923. The van der Waals surface area contributed by atoms with Crippen LogP contribution in [0.3, 0.4) is 0 Å². The van der Waals surface area contributed by atoms with E-state index < -0.39 is 0 Å². The summed E-state index contributed by atoms with van der Waals surface area (Å²) in [6.45, 7) is 1.25. The molecule has 2 heterocycles. The van der Waals surface area contributed by atoms with Crippen LogP contribution in [0.4, 0.5) is 10.1 Å². The van der Waals surface area contributed by atoms with Gasteiger partial charge in [-0.3, -0.25) is 14.6 Å². The van der Waals surface area contributed by atoms with Crippen LogP contribution in [0.5, 0.6) is 0 Å². The number of hydrogen-bond acceptors (Lipinski definition) is 4. The number of carbonyl (C=O) groups is 2. The Bertz CT molecular complexity index is 1030. The quantitative estimate of drug-likeness (QED) is 0.641. The molecule has 1 aliphatic rings. The fourth-order valence-electron chi connectivity index (χ4n) is 3.71. The molecular weight excluding hydrogens is 381 g/mol. The Hall–Kier alpha value is -3.54. The second-order valence-corrected chi connectivity index (χ2v) is 7.36. The molecule has 6 heteroatoms. The molecule has 152 valence electrons. The smallest absolute Gasteiger partial charge is 0.273 e. The van der Waals surface area contributed by atoms with Crippen molar-refractivity contribution in [2.24, 2.45) is 0 Å². The van der Waals surface area contributed by atoms with Gasteiger partial charge in [-0.25, -0.2) is 4.39 Å². The van der Waals surface area contributed by atoms with Gasteiger partial charge in [0.05, 0.1) is 0 Å². The molecule has 1 saturated heterocycles. The first-order chi connectivity index (χ1) is 14.6. The summed E-state index contributed by atoms with van der Waals surface area (Å²) in [5.74, 6) is -0.349.